The highest BCUT2D eigenvalue weighted by molar-refractivity contribution is 6.34. The van der Waals surface area contributed by atoms with Gasteiger partial charge in [0, 0.05) is 29.1 Å². The number of nitrogens with two attached hydrogens (primary N) is 2. The first-order chi connectivity index (χ1) is 9.36. The predicted octanol–water partition coefficient (Wildman–Crippen LogP) is 1.44. The van der Waals surface area contributed by atoms with Crippen LogP contribution >= 0.6 is 23.2 Å². The zero-order valence-electron chi connectivity index (χ0n) is 11.0. The van der Waals surface area contributed by atoms with Gasteiger partial charge in [0.25, 0.3) is 5.91 Å². The van der Waals surface area contributed by atoms with E-state index in [1.54, 1.807) is 6.07 Å². The summed E-state index contributed by atoms with van der Waals surface area (Å²) in [6.45, 7) is 1.33. The molecule has 1 amide bonds. The molecule has 0 spiro atoms. The number of hydrogen-bond donors (Lipinski definition) is 2. The summed E-state index contributed by atoms with van der Waals surface area (Å²) in [5.74, 6) is -0.841. The van der Waals surface area contributed by atoms with Crippen molar-refractivity contribution in [3.63, 3.8) is 0 Å². The van der Waals surface area contributed by atoms with E-state index in [4.69, 9.17) is 34.7 Å². The lowest BCUT2D eigenvalue weighted by Crippen LogP contribution is -2.28. The van der Waals surface area contributed by atoms with Crippen LogP contribution in [0.15, 0.2) is 23.2 Å². The molecule has 108 valence electrons. The highest BCUT2D eigenvalue weighted by atomic mass is 35.5. The number of guanidine groups is 1. The van der Waals surface area contributed by atoms with Gasteiger partial charge in [-0.25, -0.2) is 0 Å². The molecule has 2 rings (SSSR count). The zero-order valence-corrected chi connectivity index (χ0v) is 12.5. The van der Waals surface area contributed by atoms with Crippen molar-refractivity contribution < 1.29 is 4.79 Å². The molecule has 1 aromatic carbocycles. The Hall–Kier alpha value is -1.30. The molecule has 1 heterocycles. The lowest BCUT2D eigenvalue weighted by atomic mass is 9.88. The van der Waals surface area contributed by atoms with E-state index in [1.807, 2.05) is 19.2 Å². The Bertz CT molecular complexity index is 537. The van der Waals surface area contributed by atoms with Crippen LogP contribution in [0.2, 0.25) is 10.0 Å². The van der Waals surface area contributed by atoms with Crippen LogP contribution in [0.4, 0.5) is 0 Å². The summed E-state index contributed by atoms with van der Waals surface area (Å²) in [5, 5.41) is 1.10. The molecule has 1 aliphatic heterocycles. The topological polar surface area (TPSA) is 84.7 Å². The Kier molecular flexibility index (Phi) is 4.52. The van der Waals surface area contributed by atoms with Crippen LogP contribution < -0.4 is 11.5 Å². The minimum atomic E-state index is -0.310. The summed E-state index contributed by atoms with van der Waals surface area (Å²) in [7, 11) is 1.95. The maximum Gasteiger partial charge on any atom is 0.253 e. The van der Waals surface area contributed by atoms with E-state index >= 15 is 0 Å². The number of likely N-dealkylation sites (N-methyl/N-ethyl adjacent to an activating group) is 1. The molecule has 7 heteroatoms. The van der Waals surface area contributed by atoms with Crippen molar-refractivity contribution in [2.75, 3.05) is 20.1 Å². The number of carbonyl (C=O) groups is 1. The van der Waals surface area contributed by atoms with Gasteiger partial charge in [0.2, 0.25) is 0 Å². The Morgan fingerprint density at radius 3 is 2.40 bits per heavy atom. The number of halogens is 2. The molecule has 1 fully saturated rings. The number of rotatable bonds is 2. The van der Waals surface area contributed by atoms with Crippen molar-refractivity contribution in [1.82, 2.24) is 4.90 Å². The van der Waals surface area contributed by atoms with Gasteiger partial charge >= 0.3 is 0 Å². The Balaban J connectivity index is 2.32. The third kappa shape index (κ3) is 3.42. The first-order valence-corrected chi connectivity index (χ1v) is 6.90. The number of carbonyl (C=O) groups excluding carboxylic acids is 1. The normalized spacial score (nSPS) is 22.8. The Morgan fingerprint density at radius 1 is 1.25 bits per heavy atom. The number of hydrogen-bond acceptors (Lipinski definition) is 2. The lowest BCUT2D eigenvalue weighted by Gasteiger charge is -2.16. The van der Waals surface area contributed by atoms with Gasteiger partial charge in [-0.2, -0.15) is 4.99 Å². The van der Waals surface area contributed by atoms with E-state index in [1.165, 1.54) is 0 Å². The van der Waals surface area contributed by atoms with Crippen LogP contribution in [0.3, 0.4) is 0 Å². The first-order valence-electron chi connectivity index (χ1n) is 6.15. The fourth-order valence-electron chi connectivity index (χ4n) is 2.59. The maximum absolute atomic E-state index is 12.1. The molecule has 0 bridgehead atoms. The third-order valence-corrected chi connectivity index (χ3v) is 3.81. The highest BCUT2D eigenvalue weighted by Crippen LogP contribution is 2.35. The van der Waals surface area contributed by atoms with E-state index in [0.717, 1.165) is 12.1 Å². The molecule has 0 saturated carbocycles. The fraction of sp³-hybridized carbons (Fsp3) is 0.385. The average Bonchev–Trinajstić information content (AvgIpc) is 2.69. The van der Waals surface area contributed by atoms with Gasteiger partial charge in [0.1, 0.15) is 0 Å². The van der Waals surface area contributed by atoms with Crippen LogP contribution in [0.25, 0.3) is 0 Å². The Morgan fingerprint density at radius 2 is 1.85 bits per heavy atom. The molecule has 5 nitrogen and oxygen atoms in total. The molecule has 1 aromatic rings. The highest BCUT2D eigenvalue weighted by Gasteiger charge is 2.37. The van der Waals surface area contributed by atoms with Crippen molar-refractivity contribution in [2.24, 2.45) is 22.4 Å². The predicted molar refractivity (Wildman–Crippen MR) is 81.0 cm³/mol. The number of likely N-dealkylation sites (tertiary alicyclic amines) is 1. The van der Waals surface area contributed by atoms with E-state index in [2.05, 4.69) is 9.89 Å². The van der Waals surface area contributed by atoms with Gasteiger partial charge in [-0.15, -0.1) is 0 Å². The van der Waals surface area contributed by atoms with Gasteiger partial charge in [-0.1, -0.05) is 23.2 Å². The summed E-state index contributed by atoms with van der Waals surface area (Å²) in [6, 6.07) is 5.32. The smallest absolute Gasteiger partial charge is 0.253 e. The monoisotopic (exact) mass is 314 g/mol. The second kappa shape index (κ2) is 5.99. The largest absolute Gasteiger partial charge is 0.370 e. The molecular weight excluding hydrogens is 299 g/mol. The van der Waals surface area contributed by atoms with Crippen molar-refractivity contribution in [2.45, 2.75) is 5.92 Å². The first kappa shape index (κ1) is 15.1. The molecule has 0 aromatic heterocycles. The van der Waals surface area contributed by atoms with Gasteiger partial charge in [-0.05, 0) is 30.8 Å². The summed E-state index contributed by atoms with van der Waals surface area (Å²) >= 11 is 12.1. The maximum atomic E-state index is 12.1. The second-order valence-electron chi connectivity index (χ2n) is 5.01. The molecule has 1 saturated heterocycles. The summed E-state index contributed by atoms with van der Waals surface area (Å²) < 4.78 is 0. The number of benzene rings is 1. The van der Waals surface area contributed by atoms with Crippen LogP contribution in [0, 0.1) is 5.92 Å². The summed E-state index contributed by atoms with van der Waals surface area (Å²) in [5.41, 5.74) is 11.5. The van der Waals surface area contributed by atoms with Crippen molar-refractivity contribution in [3.05, 3.63) is 33.8 Å². The van der Waals surface area contributed by atoms with Crippen LogP contribution in [0.5, 0.6) is 0 Å². The SMILES string of the molecule is CN1C[C@H](C(=O)N=C(N)N)[C@@H](c2cc(Cl)cc(Cl)c2)C1. The second-order valence-corrected chi connectivity index (χ2v) is 5.88. The molecule has 20 heavy (non-hydrogen) atoms. The zero-order chi connectivity index (χ0) is 14.9. The van der Waals surface area contributed by atoms with E-state index < -0.39 is 0 Å². The van der Waals surface area contributed by atoms with Crippen LogP contribution in [0.1, 0.15) is 11.5 Å². The molecule has 4 N–H and O–H groups in total. The Labute approximate surface area is 127 Å². The minimum absolute atomic E-state index is 0.0215. The fourth-order valence-corrected chi connectivity index (χ4v) is 3.13. The quantitative estimate of drug-likeness (QED) is 0.639. The third-order valence-electron chi connectivity index (χ3n) is 3.37. The van der Waals surface area contributed by atoms with Crippen LogP contribution in [-0.2, 0) is 4.79 Å². The summed E-state index contributed by atoms with van der Waals surface area (Å²) in [4.78, 5) is 17.8. The number of nitrogens with zero attached hydrogens (tertiary/aromatic N) is 2. The van der Waals surface area contributed by atoms with Crippen molar-refractivity contribution >= 4 is 35.1 Å². The number of amides is 1. The summed E-state index contributed by atoms with van der Waals surface area (Å²) in [6.07, 6.45) is 0. The molecular formula is C13H16Cl2N4O. The van der Waals surface area contributed by atoms with Gasteiger partial charge in [0.15, 0.2) is 5.96 Å². The van der Waals surface area contributed by atoms with Crippen LogP contribution in [-0.4, -0.2) is 36.9 Å². The van der Waals surface area contributed by atoms with Gasteiger partial charge in [-0.3, -0.25) is 4.79 Å². The minimum Gasteiger partial charge on any atom is -0.370 e. The lowest BCUT2D eigenvalue weighted by molar-refractivity contribution is -0.121. The molecule has 2 atom stereocenters. The molecule has 0 aliphatic carbocycles. The standard InChI is InChI=1S/C13H16Cl2N4O/c1-19-5-10(7-2-8(14)4-9(15)3-7)11(6-19)12(20)18-13(16)17/h2-4,10-11H,5-6H2,1H3,(H4,16,17,18,20)/t10-,11+/m1/s1. The van der Waals surface area contributed by atoms with Crippen molar-refractivity contribution in [3.8, 4) is 0 Å². The average molecular weight is 315 g/mol. The number of aliphatic imine (C=N–C) groups is 1. The van der Waals surface area contributed by atoms with E-state index in [9.17, 15) is 4.79 Å². The molecule has 0 unspecified atom stereocenters. The molecule has 1 aliphatic rings. The van der Waals surface area contributed by atoms with Gasteiger partial charge < -0.3 is 16.4 Å². The van der Waals surface area contributed by atoms with Gasteiger partial charge in [0.05, 0.1) is 5.92 Å². The van der Waals surface area contributed by atoms with E-state index in [0.29, 0.717) is 16.6 Å². The van der Waals surface area contributed by atoms with Crippen molar-refractivity contribution in [1.29, 1.82) is 0 Å². The molecule has 0 radical (unpaired) electrons. The van der Waals surface area contributed by atoms with E-state index in [-0.39, 0.29) is 23.7 Å².